The summed E-state index contributed by atoms with van der Waals surface area (Å²) < 4.78 is 0. The number of rotatable bonds is 15. The van der Waals surface area contributed by atoms with E-state index < -0.39 is 64.9 Å². The number of nitrogens with one attached hydrogen (secondary N) is 4. The van der Waals surface area contributed by atoms with Gasteiger partial charge in [0.25, 0.3) is 17.7 Å². The predicted octanol–water partition coefficient (Wildman–Crippen LogP) is -0.162. The molecule has 0 aromatic heterocycles. The minimum absolute atomic E-state index is 0.0435. The Morgan fingerprint density at radius 2 is 1.40 bits per heavy atom. The molecule has 0 aromatic carbocycles. The largest absolute Gasteiger partial charge is 0.396 e. The van der Waals surface area contributed by atoms with Crippen molar-refractivity contribution >= 4 is 59.5 Å². The summed E-state index contributed by atoms with van der Waals surface area (Å²) in [6.45, 7) is 5.81. The Labute approximate surface area is 279 Å². The molecule has 12 amide bonds. The number of hydrogen-bond donors (Lipinski definition) is 6. The summed E-state index contributed by atoms with van der Waals surface area (Å²) in [5, 5.41) is 26.8. The van der Waals surface area contributed by atoms with Crippen LogP contribution in [-0.4, -0.2) is 148 Å². The van der Waals surface area contributed by atoms with Crippen molar-refractivity contribution in [2.24, 2.45) is 0 Å². The van der Waals surface area contributed by atoms with Crippen LogP contribution in [0.2, 0.25) is 0 Å². The first-order valence-electron chi connectivity index (χ1n) is 14.9. The third-order valence-electron chi connectivity index (χ3n) is 6.69. The van der Waals surface area contributed by atoms with Gasteiger partial charge in [-0.3, -0.25) is 34.7 Å². The highest BCUT2D eigenvalue weighted by Gasteiger charge is 2.38. The number of nitrogens with zero attached hydrogens (tertiary/aromatic N) is 4. The smallest absolute Gasteiger partial charge is 0.333 e. The van der Waals surface area contributed by atoms with E-state index in [-0.39, 0.29) is 25.4 Å². The highest BCUT2D eigenvalue weighted by atomic mass is 32.2. The highest BCUT2D eigenvalue weighted by Crippen LogP contribution is 2.23. The van der Waals surface area contributed by atoms with E-state index in [2.05, 4.69) is 10.6 Å². The molecule has 0 fully saturated rings. The van der Waals surface area contributed by atoms with Crippen molar-refractivity contribution in [2.75, 3.05) is 47.6 Å². The lowest BCUT2D eigenvalue weighted by Crippen LogP contribution is -2.58. The molecule has 18 nitrogen and oxygen atoms in total. The minimum Gasteiger partial charge on any atom is -0.396 e. The number of unbranched alkanes of at least 4 members (excludes halogenated alkanes) is 1. The topological polar surface area (TPSA) is 238 Å². The Hall–Kier alpha value is -3.97. The van der Waals surface area contributed by atoms with Crippen LogP contribution < -0.4 is 21.3 Å². The summed E-state index contributed by atoms with van der Waals surface area (Å²) in [5.41, 5.74) is -1.51. The molecule has 268 valence electrons. The van der Waals surface area contributed by atoms with E-state index in [0.29, 0.717) is 34.8 Å². The second-order valence-corrected chi connectivity index (χ2v) is 12.5. The number of aliphatic hydroxyl groups is 2. The summed E-state index contributed by atoms with van der Waals surface area (Å²) in [6.07, 6.45) is 1.42. The van der Waals surface area contributed by atoms with Crippen LogP contribution in [0.5, 0.6) is 0 Å². The van der Waals surface area contributed by atoms with Gasteiger partial charge in [-0.2, -0.15) is 0 Å². The van der Waals surface area contributed by atoms with Crippen molar-refractivity contribution in [3.63, 3.8) is 0 Å². The fraction of sp³-hybridized carbons (Fsp3) is 0.714. The van der Waals surface area contributed by atoms with Gasteiger partial charge in [-0.1, -0.05) is 6.92 Å². The number of carbonyl (C=O) groups excluding carboxylic acids is 8. The number of amides is 12. The Morgan fingerprint density at radius 3 is 1.91 bits per heavy atom. The maximum absolute atomic E-state index is 13.7. The average Bonchev–Trinajstić information content (AvgIpc) is 3.00. The van der Waals surface area contributed by atoms with E-state index in [4.69, 9.17) is 5.11 Å². The van der Waals surface area contributed by atoms with Crippen LogP contribution in [0.3, 0.4) is 0 Å². The van der Waals surface area contributed by atoms with Crippen molar-refractivity contribution in [3.05, 3.63) is 0 Å². The molecule has 0 aromatic rings. The third kappa shape index (κ3) is 14.6. The van der Waals surface area contributed by atoms with Gasteiger partial charge in [0.15, 0.2) is 5.37 Å². The average molecular weight is 691 g/mol. The number of hydrogen-bond acceptors (Lipinski definition) is 11. The van der Waals surface area contributed by atoms with E-state index in [9.17, 15) is 43.5 Å². The second-order valence-electron chi connectivity index (χ2n) is 11.3. The van der Waals surface area contributed by atoms with Crippen LogP contribution >= 0.6 is 11.8 Å². The normalized spacial score (nSPS) is 12.8. The molecule has 0 aliphatic heterocycles. The quantitative estimate of drug-likeness (QED) is 0.0975. The molecule has 0 aliphatic carbocycles. The molecule has 0 heterocycles. The molecule has 47 heavy (non-hydrogen) atoms. The van der Waals surface area contributed by atoms with Gasteiger partial charge in [-0.25, -0.2) is 24.1 Å². The highest BCUT2D eigenvalue weighted by molar-refractivity contribution is 8.00. The van der Waals surface area contributed by atoms with E-state index in [0.717, 1.165) is 23.7 Å². The zero-order valence-electron chi connectivity index (χ0n) is 28.5. The minimum atomic E-state index is -1.51. The maximum atomic E-state index is 13.7. The standard InChI is InChI=1S/C28H50N8O10S/c1-10-13-19(38)34(7)23(47-15-12-11-14-37)22(41)33(6)18(16-28(3,4)46)20(39)31-26(44)36(9)27(45)32-24(42)30-17(2)21(40)35(8)25(43)29-5/h17-18,23,37,46H,10-16H2,1-9H3,(H,29,43)(H,31,39,44)(H2,30,32,42,45)/t17-,18+,23-/m1/s1. The van der Waals surface area contributed by atoms with Crippen LogP contribution in [0.4, 0.5) is 19.2 Å². The zero-order valence-corrected chi connectivity index (χ0v) is 29.4. The first-order valence-corrected chi connectivity index (χ1v) is 15.9. The van der Waals surface area contributed by atoms with Crippen molar-refractivity contribution in [2.45, 2.75) is 82.9 Å². The molecule has 0 rings (SSSR count). The van der Waals surface area contributed by atoms with Gasteiger partial charge in [0, 0.05) is 54.7 Å². The molecule has 0 saturated heterocycles. The van der Waals surface area contributed by atoms with Crippen LogP contribution in [-0.2, 0) is 19.2 Å². The lowest BCUT2D eigenvalue weighted by molar-refractivity contribution is -0.145. The van der Waals surface area contributed by atoms with Gasteiger partial charge in [0.05, 0.1) is 5.60 Å². The van der Waals surface area contributed by atoms with Crippen LogP contribution in [0.15, 0.2) is 0 Å². The Bertz CT molecular complexity index is 1150. The van der Waals surface area contributed by atoms with Gasteiger partial charge in [0.1, 0.15) is 12.1 Å². The van der Waals surface area contributed by atoms with E-state index in [1.54, 1.807) is 0 Å². The van der Waals surface area contributed by atoms with Crippen molar-refractivity contribution in [3.8, 4) is 0 Å². The predicted molar refractivity (Wildman–Crippen MR) is 173 cm³/mol. The molecule has 0 radical (unpaired) electrons. The molecule has 0 unspecified atom stereocenters. The van der Waals surface area contributed by atoms with Gasteiger partial charge >= 0.3 is 24.1 Å². The first kappa shape index (κ1) is 43.0. The fourth-order valence-electron chi connectivity index (χ4n) is 3.88. The lowest BCUT2D eigenvalue weighted by atomic mass is 9.97. The van der Waals surface area contributed by atoms with E-state index in [1.807, 2.05) is 17.6 Å². The number of thioether (sulfide) groups is 1. The van der Waals surface area contributed by atoms with Crippen LogP contribution in [0.25, 0.3) is 0 Å². The fourth-order valence-corrected chi connectivity index (χ4v) is 5.13. The van der Waals surface area contributed by atoms with E-state index >= 15 is 0 Å². The van der Waals surface area contributed by atoms with Crippen LogP contribution in [0, 0.1) is 0 Å². The van der Waals surface area contributed by atoms with Crippen LogP contribution in [0.1, 0.15) is 59.8 Å². The molecule has 0 saturated carbocycles. The summed E-state index contributed by atoms with van der Waals surface area (Å²) in [7, 11) is 6.18. The Kier molecular flexibility index (Phi) is 18.6. The van der Waals surface area contributed by atoms with Crippen molar-refractivity contribution in [1.29, 1.82) is 0 Å². The summed E-state index contributed by atoms with van der Waals surface area (Å²) in [4.78, 5) is 105. The molecule has 6 N–H and O–H groups in total. The zero-order chi connectivity index (χ0) is 36.6. The van der Waals surface area contributed by atoms with Crippen molar-refractivity contribution < 1.29 is 48.6 Å². The van der Waals surface area contributed by atoms with Gasteiger partial charge in [-0.05, 0) is 45.8 Å². The Morgan fingerprint density at radius 1 is 0.830 bits per heavy atom. The molecular weight excluding hydrogens is 640 g/mol. The molecular formula is C28H50N8O10S. The monoisotopic (exact) mass is 690 g/mol. The second kappa shape index (κ2) is 20.3. The first-order chi connectivity index (χ1) is 21.7. The van der Waals surface area contributed by atoms with Gasteiger partial charge in [-0.15, -0.1) is 11.8 Å². The molecule has 0 aliphatic rings. The molecule has 19 heteroatoms. The number of urea groups is 4. The molecule has 0 spiro atoms. The number of carbonyl (C=O) groups is 8. The number of imide groups is 4. The Balaban J connectivity index is 5.80. The lowest BCUT2D eigenvalue weighted by Gasteiger charge is -2.36. The number of likely N-dealkylation sites (N-methyl/N-ethyl adjacent to an activating group) is 3. The van der Waals surface area contributed by atoms with Gasteiger partial charge < -0.3 is 30.6 Å². The summed E-state index contributed by atoms with van der Waals surface area (Å²) in [6, 6.07) is -7.16. The number of aliphatic hydroxyl groups excluding tert-OH is 1. The summed E-state index contributed by atoms with van der Waals surface area (Å²) in [5.74, 6) is -2.40. The van der Waals surface area contributed by atoms with Gasteiger partial charge in [0.2, 0.25) is 5.91 Å². The van der Waals surface area contributed by atoms with Crippen molar-refractivity contribution in [1.82, 2.24) is 40.9 Å². The summed E-state index contributed by atoms with van der Waals surface area (Å²) >= 11 is 1.14. The molecule has 3 atom stereocenters. The van der Waals surface area contributed by atoms with E-state index in [1.165, 1.54) is 53.9 Å². The third-order valence-corrected chi connectivity index (χ3v) is 8.04. The SMILES string of the molecule is CCCC(=O)N(C)[C@H](SCCCCO)C(=O)N(C)[C@@H](CC(C)(C)O)C(=O)NC(=O)N(C)C(=O)NC(=O)N[C@H](C)C(=O)N(C)C(=O)NC. The maximum Gasteiger partial charge on any atom is 0.333 e. The molecule has 0 bridgehead atoms.